The molecule has 2 aromatic rings. The fourth-order valence-electron chi connectivity index (χ4n) is 2.13. The Morgan fingerprint density at radius 2 is 1.94 bits per heavy atom. The fourth-order valence-corrected chi connectivity index (χ4v) is 2.13. The smallest absolute Gasteiger partial charge is 0.140 e. The number of benzene rings is 1. The summed E-state index contributed by atoms with van der Waals surface area (Å²) in [6, 6.07) is 6.12. The minimum Gasteiger partial charge on any atom is -0.384 e. The van der Waals surface area contributed by atoms with Crippen LogP contribution in [0.4, 0.5) is 23.0 Å². The Hall–Kier alpha value is -2.30. The Balaban J connectivity index is 2.07. The number of fused-ring (bicyclic) bond motifs is 1. The molecule has 0 saturated carbocycles. The molecule has 1 aromatic carbocycles. The summed E-state index contributed by atoms with van der Waals surface area (Å²) >= 11 is 0. The molecular formula is C13H15N5. The topological polar surface area (TPSA) is 67.1 Å². The predicted octanol–water partition coefficient (Wildman–Crippen LogP) is 2.20. The van der Waals surface area contributed by atoms with E-state index in [-0.39, 0.29) is 0 Å². The highest BCUT2D eigenvalue weighted by Crippen LogP contribution is 2.37. The number of anilines is 4. The lowest BCUT2D eigenvalue weighted by atomic mass is 10.1. The number of nitrogen functional groups attached to an aromatic ring is 1. The van der Waals surface area contributed by atoms with E-state index in [2.05, 4.69) is 46.2 Å². The first-order valence-electron chi connectivity index (χ1n) is 5.85. The van der Waals surface area contributed by atoms with Crippen molar-refractivity contribution in [2.45, 2.75) is 13.8 Å². The van der Waals surface area contributed by atoms with Crippen molar-refractivity contribution in [2.24, 2.45) is 0 Å². The van der Waals surface area contributed by atoms with Gasteiger partial charge in [-0.2, -0.15) is 0 Å². The molecule has 0 fully saturated rings. The lowest BCUT2D eigenvalue weighted by Crippen LogP contribution is -2.18. The second-order valence-electron chi connectivity index (χ2n) is 4.52. The molecule has 3 rings (SSSR count). The summed E-state index contributed by atoms with van der Waals surface area (Å²) in [7, 11) is 0. The summed E-state index contributed by atoms with van der Waals surface area (Å²) in [6.45, 7) is 4.93. The van der Waals surface area contributed by atoms with Crippen LogP contribution < -0.4 is 16.0 Å². The molecule has 0 spiro atoms. The highest BCUT2D eigenvalue weighted by atomic mass is 15.3. The molecule has 0 saturated heterocycles. The number of hydrogen-bond donors (Lipinski definition) is 2. The molecule has 0 bridgehead atoms. The van der Waals surface area contributed by atoms with Crippen LogP contribution in [0.3, 0.4) is 0 Å². The van der Waals surface area contributed by atoms with Gasteiger partial charge in [0.2, 0.25) is 0 Å². The summed E-state index contributed by atoms with van der Waals surface area (Å²) in [5, 5.41) is 3.36. The van der Waals surface area contributed by atoms with Crippen LogP contribution in [0.1, 0.15) is 11.1 Å². The van der Waals surface area contributed by atoms with Crippen molar-refractivity contribution in [3.8, 4) is 0 Å². The number of aryl methyl sites for hydroxylation is 2. The number of aromatic nitrogens is 2. The first-order valence-corrected chi connectivity index (χ1v) is 5.85. The predicted molar refractivity (Wildman–Crippen MR) is 73.0 cm³/mol. The highest BCUT2D eigenvalue weighted by Gasteiger charge is 2.21. The molecule has 1 aromatic heterocycles. The molecule has 0 unspecified atom stereocenters. The van der Waals surface area contributed by atoms with E-state index in [9.17, 15) is 0 Å². The van der Waals surface area contributed by atoms with Gasteiger partial charge in [0.05, 0.1) is 18.0 Å². The van der Waals surface area contributed by atoms with Crippen LogP contribution in [-0.2, 0) is 0 Å². The first-order chi connectivity index (χ1) is 8.65. The van der Waals surface area contributed by atoms with Gasteiger partial charge in [0.25, 0.3) is 0 Å². The Morgan fingerprint density at radius 1 is 1.17 bits per heavy atom. The lowest BCUT2D eigenvalue weighted by Gasteiger charge is -2.17. The van der Waals surface area contributed by atoms with Gasteiger partial charge in [-0.15, -0.1) is 0 Å². The number of nitrogens with one attached hydrogen (secondary N) is 1. The maximum Gasteiger partial charge on any atom is 0.140 e. The summed E-state index contributed by atoms with van der Waals surface area (Å²) in [5.74, 6) is 1.30. The summed E-state index contributed by atoms with van der Waals surface area (Å²) in [6.07, 6.45) is 1.49. The molecule has 0 amide bonds. The molecule has 5 heteroatoms. The molecule has 0 atom stereocenters. The van der Waals surface area contributed by atoms with Crippen LogP contribution in [0.15, 0.2) is 24.5 Å². The summed E-state index contributed by atoms with van der Waals surface area (Å²) in [4.78, 5) is 10.3. The van der Waals surface area contributed by atoms with E-state index < -0.39 is 0 Å². The first kappa shape index (κ1) is 10.8. The molecule has 0 radical (unpaired) electrons. The molecule has 5 nitrogen and oxygen atoms in total. The summed E-state index contributed by atoms with van der Waals surface area (Å²) in [5.41, 5.74) is 10.5. The van der Waals surface area contributed by atoms with Crippen molar-refractivity contribution in [3.63, 3.8) is 0 Å². The van der Waals surface area contributed by atoms with Crippen molar-refractivity contribution in [3.05, 3.63) is 35.7 Å². The average Bonchev–Trinajstić information content (AvgIpc) is 2.73. The average molecular weight is 241 g/mol. The zero-order chi connectivity index (χ0) is 12.7. The van der Waals surface area contributed by atoms with Gasteiger partial charge in [-0.05, 0) is 37.1 Å². The Kier molecular flexibility index (Phi) is 2.33. The second kappa shape index (κ2) is 3.87. The zero-order valence-corrected chi connectivity index (χ0v) is 10.4. The van der Waals surface area contributed by atoms with Gasteiger partial charge in [-0.3, -0.25) is 0 Å². The van der Waals surface area contributed by atoms with Crippen molar-refractivity contribution in [1.29, 1.82) is 0 Å². The van der Waals surface area contributed by atoms with Crippen LogP contribution in [0.25, 0.3) is 0 Å². The Bertz CT molecular complexity index is 608. The number of nitrogens with two attached hydrogens (primary N) is 1. The van der Waals surface area contributed by atoms with E-state index in [4.69, 9.17) is 5.73 Å². The molecule has 92 valence electrons. The molecule has 0 aliphatic carbocycles. The third-order valence-corrected chi connectivity index (χ3v) is 3.28. The minimum absolute atomic E-state index is 0.484. The second-order valence-corrected chi connectivity index (χ2v) is 4.52. The summed E-state index contributed by atoms with van der Waals surface area (Å²) < 4.78 is 0. The quantitative estimate of drug-likeness (QED) is 0.801. The molecular weight excluding hydrogens is 226 g/mol. The van der Waals surface area contributed by atoms with Crippen LogP contribution in [0.5, 0.6) is 0 Å². The van der Waals surface area contributed by atoms with Gasteiger partial charge in [0.15, 0.2) is 0 Å². The van der Waals surface area contributed by atoms with Gasteiger partial charge in [-0.25, -0.2) is 9.97 Å². The maximum atomic E-state index is 5.70. The molecule has 1 aliphatic heterocycles. The van der Waals surface area contributed by atoms with Gasteiger partial charge in [0, 0.05) is 6.07 Å². The lowest BCUT2D eigenvalue weighted by molar-refractivity contribution is 1.03. The molecule has 3 N–H and O–H groups in total. The maximum absolute atomic E-state index is 5.70. The Morgan fingerprint density at radius 3 is 2.72 bits per heavy atom. The fraction of sp³-hybridized carbons (Fsp3) is 0.231. The number of rotatable bonds is 1. The van der Waals surface area contributed by atoms with Crippen molar-refractivity contribution in [2.75, 3.05) is 22.6 Å². The van der Waals surface area contributed by atoms with Gasteiger partial charge in [-0.1, -0.05) is 0 Å². The SMILES string of the molecule is Cc1cc2c(cc1C)N(c1cc(N)ncn1)CN2. The van der Waals surface area contributed by atoms with E-state index in [0.29, 0.717) is 12.5 Å². The largest absolute Gasteiger partial charge is 0.384 e. The normalized spacial score (nSPS) is 13.3. The number of hydrogen-bond acceptors (Lipinski definition) is 5. The van der Waals surface area contributed by atoms with Crippen LogP contribution >= 0.6 is 0 Å². The van der Waals surface area contributed by atoms with E-state index in [0.717, 1.165) is 17.2 Å². The van der Waals surface area contributed by atoms with Crippen LogP contribution in [0.2, 0.25) is 0 Å². The highest BCUT2D eigenvalue weighted by molar-refractivity contribution is 5.81. The van der Waals surface area contributed by atoms with E-state index >= 15 is 0 Å². The monoisotopic (exact) mass is 241 g/mol. The molecule has 18 heavy (non-hydrogen) atoms. The van der Waals surface area contributed by atoms with Crippen molar-refractivity contribution >= 4 is 23.0 Å². The third kappa shape index (κ3) is 1.64. The van der Waals surface area contributed by atoms with Gasteiger partial charge in [0.1, 0.15) is 18.0 Å². The zero-order valence-electron chi connectivity index (χ0n) is 10.4. The molecule has 2 heterocycles. The van der Waals surface area contributed by atoms with E-state index in [1.165, 1.54) is 17.5 Å². The minimum atomic E-state index is 0.484. The standard InChI is InChI=1S/C13H15N5/c1-8-3-10-11(4-9(8)2)18(7-17-10)13-5-12(14)15-6-16-13/h3-6,17H,7H2,1-2H3,(H2,14,15,16). The van der Waals surface area contributed by atoms with E-state index in [1.807, 2.05) is 0 Å². The third-order valence-electron chi connectivity index (χ3n) is 3.28. The number of nitrogens with zero attached hydrogens (tertiary/aromatic N) is 3. The van der Waals surface area contributed by atoms with E-state index in [1.54, 1.807) is 6.07 Å². The molecule has 1 aliphatic rings. The van der Waals surface area contributed by atoms with Crippen LogP contribution in [-0.4, -0.2) is 16.6 Å². The van der Waals surface area contributed by atoms with Gasteiger partial charge >= 0.3 is 0 Å². The van der Waals surface area contributed by atoms with Crippen molar-refractivity contribution in [1.82, 2.24) is 9.97 Å². The van der Waals surface area contributed by atoms with Crippen LogP contribution in [0, 0.1) is 13.8 Å². The van der Waals surface area contributed by atoms with Crippen molar-refractivity contribution < 1.29 is 0 Å². The Labute approximate surface area is 106 Å². The van der Waals surface area contributed by atoms with Gasteiger partial charge < -0.3 is 16.0 Å².